The van der Waals surface area contributed by atoms with E-state index in [1.54, 1.807) is 0 Å². The summed E-state index contributed by atoms with van der Waals surface area (Å²) in [5.41, 5.74) is 0.113. The van der Waals surface area contributed by atoms with Crippen molar-refractivity contribution < 1.29 is 18.3 Å². The molecule has 0 amide bonds. The van der Waals surface area contributed by atoms with Gasteiger partial charge in [0, 0.05) is 5.69 Å². The molecule has 1 saturated carbocycles. The van der Waals surface area contributed by atoms with Crippen LogP contribution in [0.3, 0.4) is 0 Å². The lowest BCUT2D eigenvalue weighted by atomic mass is 9.91. The SMILES string of the molecule is O=C(O)c1cc(NS(=O)(=O)CC2CCCCC2)ccc1Cl. The molecule has 0 radical (unpaired) electrons. The normalized spacial score (nSPS) is 16.6. The molecule has 116 valence electrons. The Hall–Kier alpha value is -1.27. The standard InChI is InChI=1S/C14H18ClNO4S/c15-13-7-6-11(8-12(13)14(17)18)16-21(19,20)9-10-4-2-1-3-5-10/h6-8,10,16H,1-5,9H2,(H,17,18). The van der Waals surface area contributed by atoms with E-state index in [1.807, 2.05) is 0 Å². The van der Waals surface area contributed by atoms with Gasteiger partial charge in [-0.1, -0.05) is 30.9 Å². The lowest BCUT2D eigenvalue weighted by molar-refractivity contribution is 0.0697. The van der Waals surface area contributed by atoms with Crippen molar-refractivity contribution in [3.05, 3.63) is 28.8 Å². The molecule has 2 N–H and O–H groups in total. The van der Waals surface area contributed by atoms with Gasteiger partial charge in [-0.15, -0.1) is 0 Å². The van der Waals surface area contributed by atoms with Gasteiger partial charge in [0.1, 0.15) is 0 Å². The predicted octanol–water partition coefficient (Wildman–Crippen LogP) is 3.36. The van der Waals surface area contributed by atoms with Crippen molar-refractivity contribution in [2.75, 3.05) is 10.5 Å². The number of sulfonamides is 1. The first-order valence-corrected chi connectivity index (χ1v) is 8.94. The van der Waals surface area contributed by atoms with Crippen LogP contribution in [0.25, 0.3) is 0 Å². The fraction of sp³-hybridized carbons (Fsp3) is 0.500. The molecule has 1 aromatic rings. The Morgan fingerprint density at radius 3 is 2.57 bits per heavy atom. The fourth-order valence-corrected chi connectivity index (χ4v) is 4.36. The molecule has 1 aromatic carbocycles. The monoisotopic (exact) mass is 331 g/mol. The number of hydrogen-bond acceptors (Lipinski definition) is 3. The van der Waals surface area contributed by atoms with Crippen LogP contribution in [0.1, 0.15) is 42.5 Å². The topological polar surface area (TPSA) is 83.5 Å². The molecule has 0 saturated heterocycles. The van der Waals surface area contributed by atoms with E-state index in [4.69, 9.17) is 16.7 Å². The second-order valence-corrected chi connectivity index (χ2v) is 7.56. The summed E-state index contributed by atoms with van der Waals surface area (Å²) in [4.78, 5) is 11.0. The molecule has 0 aliphatic heterocycles. The molecule has 1 fully saturated rings. The summed E-state index contributed by atoms with van der Waals surface area (Å²) in [6, 6.07) is 4.08. The van der Waals surface area contributed by atoms with E-state index < -0.39 is 16.0 Å². The predicted molar refractivity (Wildman–Crippen MR) is 82.4 cm³/mol. The van der Waals surface area contributed by atoms with Crippen LogP contribution in [0.15, 0.2) is 18.2 Å². The number of nitrogens with one attached hydrogen (secondary N) is 1. The molecule has 21 heavy (non-hydrogen) atoms. The van der Waals surface area contributed by atoms with Gasteiger partial charge in [-0.05, 0) is 37.0 Å². The molecule has 0 heterocycles. The molecular weight excluding hydrogens is 314 g/mol. The second-order valence-electron chi connectivity index (χ2n) is 5.39. The highest BCUT2D eigenvalue weighted by atomic mass is 35.5. The number of carbonyl (C=O) groups is 1. The van der Waals surface area contributed by atoms with Crippen LogP contribution in [0.4, 0.5) is 5.69 Å². The molecule has 7 heteroatoms. The maximum Gasteiger partial charge on any atom is 0.337 e. The van der Waals surface area contributed by atoms with Gasteiger partial charge >= 0.3 is 5.97 Å². The minimum atomic E-state index is -3.48. The van der Waals surface area contributed by atoms with E-state index in [0.29, 0.717) is 0 Å². The second kappa shape index (κ2) is 6.66. The third-order valence-corrected chi connectivity index (χ3v) is 5.44. The van der Waals surface area contributed by atoms with Crippen molar-refractivity contribution in [3.8, 4) is 0 Å². The molecule has 5 nitrogen and oxygen atoms in total. The van der Waals surface area contributed by atoms with Gasteiger partial charge in [-0.3, -0.25) is 4.72 Å². The van der Waals surface area contributed by atoms with Crippen LogP contribution < -0.4 is 4.72 Å². The van der Waals surface area contributed by atoms with Gasteiger partial charge in [0.15, 0.2) is 0 Å². The van der Waals surface area contributed by atoms with E-state index >= 15 is 0 Å². The first kappa shape index (κ1) is 16.1. The molecule has 1 aliphatic rings. The van der Waals surface area contributed by atoms with Crippen molar-refractivity contribution in [3.63, 3.8) is 0 Å². The average molecular weight is 332 g/mol. The van der Waals surface area contributed by atoms with Gasteiger partial charge in [0.2, 0.25) is 10.0 Å². The number of halogens is 1. The summed E-state index contributed by atoms with van der Waals surface area (Å²) in [7, 11) is -3.48. The summed E-state index contributed by atoms with van der Waals surface area (Å²) in [5.74, 6) is -0.922. The number of carboxylic acids is 1. The van der Waals surface area contributed by atoms with E-state index in [9.17, 15) is 13.2 Å². The molecular formula is C14H18ClNO4S. The molecule has 1 aliphatic carbocycles. The van der Waals surface area contributed by atoms with Crippen LogP contribution in [0, 0.1) is 5.92 Å². The summed E-state index contributed by atoms with van der Waals surface area (Å²) >= 11 is 5.76. The summed E-state index contributed by atoms with van der Waals surface area (Å²) in [5, 5.41) is 9.07. The maximum atomic E-state index is 12.1. The van der Waals surface area contributed by atoms with Crippen LogP contribution in [0.5, 0.6) is 0 Å². The molecule has 0 aromatic heterocycles. The highest BCUT2D eigenvalue weighted by Crippen LogP contribution is 2.26. The van der Waals surface area contributed by atoms with Crippen LogP contribution in [-0.2, 0) is 10.0 Å². The Balaban J connectivity index is 2.09. The van der Waals surface area contributed by atoms with Crippen molar-refractivity contribution in [1.82, 2.24) is 0 Å². The number of aromatic carboxylic acids is 1. The number of anilines is 1. The molecule has 0 atom stereocenters. The molecule has 0 bridgehead atoms. The fourth-order valence-electron chi connectivity index (χ4n) is 2.64. The zero-order valence-corrected chi connectivity index (χ0v) is 13.1. The van der Waals surface area contributed by atoms with Gasteiger partial charge in [-0.25, -0.2) is 13.2 Å². The first-order valence-electron chi connectivity index (χ1n) is 6.91. The third-order valence-electron chi connectivity index (χ3n) is 3.65. The van der Waals surface area contributed by atoms with Gasteiger partial charge in [0.25, 0.3) is 0 Å². The Kier molecular flexibility index (Phi) is 5.11. The van der Waals surface area contributed by atoms with E-state index in [2.05, 4.69) is 4.72 Å². The molecule has 0 spiro atoms. The lowest BCUT2D eigenvalue weighted by Crippen LogP contribution is -2.24. The van der Waals surface area contributed by atoms with E-state index in [1.165, 1.54) is 24.6 Å². The minimum Gasteiger partial charge on any atom is -0.478 e. The lowest BCUT2D eigenvalue weighted by Gasteiger charge is -2.21. The Morgan fingerprint density at radius 2 is 1.95 bits per heavy atom. The molecule has 0 unspecified atom stereocenters. The highest BCUT2D eigenvalue weighted by molar-refractivity contribution is 7.92. The van der Waals surface area contributed by atoms with Crippen molar-refractivity contribution in [1.29, 1.82) is 0 Å². The highest BCUT2D eigenvalue weighted by Gasteiger charge is 2.21. The van der Waals surface area contributed by atoms with Gasteiger partial charge in [0.05, 0.1) is 16.3 Å². The van der Waals surface area contributed by atoms with Crippen LogP contribution in [0.2, 0.25) is 5.02 Å². The van der Waals surface area contributed by atoms with Gasteiger partial charge < -0.3 is 5.11 Å². The number of carboxylic acid groups (broad SMARTS) is 1. The quantitative estimate of drug-likeness (QED) is 0.866. The summed E-state index contributed by atoms with van der Waals surface area (Å²) in [6.07, 6.45) is 5.18. The Labute approximate surface area is 129 Å². The van der Waals surface area contributed by atoms with E-state index in [-0.39, 0.29) is 27.9 Å². The minimum absolute atomic E-state index is 0.0812. The van der Waals surface area contributed by atoms with Crippen molar-refractivity contribution >= 4 is 33.3 Å². The number of hydrogen-bond donors (Lipinski definition) is 2. The number of benzene rings is 1. The zero-order valence-electron chi connectivity index (χ0n) is 11.5. The van der Waals surface area contributed by atoms with Crippen molar-refractivity contribution in [2.24, 2.45) is 5.92 Å². The molecule has 2 rings (SSSR count). The zero-order chi connectivity index (χ0) is 15.5. The summed E-state index contributed by atoms with van der Waals surface area (Å²) in [6.45, 7) is 0. The largest absolute Gasteiger partial charge is 0.478 e. The Morgan fingerprint density at radius 1 is 1.29 bits per heavy atom. The van der Waals surface area contributed by atoms with Gasteiger partial charge in [-0.2, -0.15) is 0 Å². The van der Waals surface area contributed by atoms with Crippen molar-refractivity contribution in [2.45, 2.75) is 32.1 Å². The van der Waals surface area contributed by atoms with E-state index in [0.717, 1.165) is 25.7 Å². The summed E-state index contributed by atoms with van der Waals surface area (Å²) < 4.78 is 26.7. The maximum absolute atomic E-state index is 12.1. The average Bonchev–Trinajstić information content (AvgIpc) is 2.41. The first-order chi connectivity index (χ1) is 9.87. The smallest absolute Gasteiger partial charge is 0.337 e. The third kappa shape index (κ3) is 4.61. The Bertz CT molecular complexity index is 624. The van der Waals surface area contributed by atoms with Crippen LogP contribution in [-0.4, -0.2) is 25.2 Å². The number of rotatable bonds is 5. The van der Waals surface area contributed by atoms with Crippen LogP contribution >= 0.6 is 11.6 Å².